The highest BCUT2D eigenvalue weighted by Gasteiger charge is 2.38. The SMILES string of the molecule is CCS(=O)(=O)c1cccc(CC(=O)ON2C(=O)c3ccccc3C2=O)c1. The molecule has 0 fully saturated rings. The van der Waals surface area contributed by atoms with Crippen molar-refractivity contribution < 1.29 is 27.6 Å². The fraction of sp³-hybridized carbons (Fsp3) is 0.167. The molecule has 0 aromatic heterocycles. The Labute approximate surface area is 150 Å². The third-order valence-electron chi connectivity index (χ3n) is 3.94. The molecule has 134 valence electrons. The van der Waals surface area contributed by atoms with Gasteiger partial charge in [-0.05, 0) is 29.8 Å². The lowest BCUT2D eigenvalue weighted by Crippen LogP contribution is -2.33. The predicted molar refractivity (Wildman–Crippen MR) is 90.9 cm³/mol. The molecule has 7 nitrogen and oxygen atoms in total. The van der Waals surface area contributed by atoms with Crippen LogP contribution in [0.15, 0.2) is 53.4 Å². The molecule has 2 amide bonds. The van der Waals surface area contributed by atoms with Crippen molar-refractivity contribution in [2.24, 2.45) is 0 Å². The first-order valence-electron chi connectivity index (χ1n) is 7.84. The van der Waals surface area contributed by atoms with Crippen LogP contribution in [0.2, 0.25) is 0 Å². The van der Waals surface area contributed by atoms with E-state index in [9.17, 15) is 22.8 Å². The monoisotopic (exact) mass is 373 g/mol. The standard InChI is InChI=1S/C18H15NO6S/c1-2-26(23,24)13-7-5-6-12(10-13)11-16(20)25-19-17(21)14-8-3-4-9-15(14)18(19)22/h3-10H,2,11H2,1H3. The largest absolute Gasteiger partial charge is 0.337 e. The molecular weight excluding hydrogens is 358 g/mol. The van der Waals surface area contributed by atoms with E-state index in [2.05, 4.69) is 0 Å². The summed E-state index contributed by atoms with van der Waals surface area (Å²) in [6.45, 7) is 1.53. The average molecular weight is 373 g/mol. The lowest BCUT2D eigenvalue weighted by Gasteiger charge is -2.13. The van der Waals surface area contributed by atoms with Crippen LogP contribution < -0.4 is 0 Å². The number of hydroxylamine groups is 2. The third kappa shape index (κ3) is 3.23. The van der Waals surface area contributed by atoms with Crippen molar-refractivity contribution in [2.75, 3.05) is 5.75 Å². The lowest BCUT2D eigenvalue weighted by molar-refractivity contribution is -0.167. The van der Waals surface area contributed by atoms with Crippen molar-refractivity contribution in [2.45, 2.75) is 18.2 Å². The molecule has 26 heavy (non-hydrogen) atoms. The summed E-state index contributed by atoms with van der Waals surface area (Å²) in [6, 6.07) is 12.1. The van der Waals surface area contributed by atoms with Crippen LogP contribution in [0, 0.1) is 0 Å². The second-order valence-corrected chi connectivity index (χ2v) is 7.92. The molecule has 2 aromatic rings. The van der Waals surface area contributed by atoms with Crippen molar-refractivity contribution in [3.05, 3.63) is 65.2 Å². The van der Waals surface area contributed by atoms with Crippen LogP contribution >= 0.6 is 0 Å². The third-order valence-corrected chi connectivity index (χ3v) is 5.67. The number of fused-ring (bicyclic) bond motifs is 1. The van der Waals surface area contributed by atoms with Crippen LogP contribution in [-0.2, 0) is 25.9 Å². The molecule has 1 aliphatic rings. The Kier molecular flexibility index (Phi) is 4.60. The molecule has 3 rings (SSSR count). The van der Waals surface area contributed by atoms with Gasteiger partial charge in [-0.2, -0.15) is 0 Å². The number of amides is 2. The van der Waals surface area contributed by atoms with E-state index in [0.717, 1.165) is 0 Å². The van der Waals surface area contributed by atoms with Crippen LogP contribution in [0.1, 0.15) is 33.2 Å². The summed E-state index contributed by atoms with van der Waals surface area (Å²) < 4.78 is 23.8. The fourth-order valence-electron chi connectivity index (χ4n) is 2.57. The quantitative estimate of drug-likeness (QED) is 0.741. The van der Waals surface area contributed by atoms with Crippen LogP contribution in [-0.4, -0.2) is 37.0 Å². The number of benzene rings is 2. The maximum absolute atomic E-state index is 12.2. The molecule has 0 spiro atoms. The molecule has 0 aliphatic carbocycles. The van der Waals surface area contributed by atoms with Gasteiger partial charge in [-0.3, -0.25) is 9.59 Å². The predicted octanol–water partition coefficient (Wildman–Crippen LogP) is 1.78. The number of imide groups is 1. The maximum Gasteiger partial charge on any atom is 0.337 e. The highest BCUT2D eigenvalue weighted by Crippen LogP contribution is 2.23. The molecule has 0 N–H and O–H groups in total. The molecule has 0 saturated carbocycles. The number of hydrogen-bond donors (Lipinski definition) is 0. The van der Waals surface area contributed by atoms with Gasteiger partial charge in [0.2, 0.25) is 0 Å². The minimum atomic E-state index is -3.40. The summed E-state index contributed by atoms with van der Waals surface area (Å²) in [5, 5.41) is 0.430. The van der Waals surface area contributed by atoms with Crippen LogP contribution in [0.5, 0.6) is 0 Å². The normalized spacial score (nSPS) is 13.7. The first kappa shape index (κ1) is 17.8. The molecule has 2 aromatic carbocycles. The second kappa shape index (κ2) is 6.72. The molecule has 0 bridgehead atoms. The van der Waals surface area contributed by atoms with E-state index in [1.807, 2.05) is 0 Å². The summed E-state index contributed by atoms with van der Waals surface area (Å²) in [5.74, 6) is -2.32. The van der Waals surface area contributed by atoms with Gasteiger partial charge < -0.3 is 4.84 Å². The van der Waals surface area contributed by atoms with Crippen LogP contribution in [0.3, 0.4) is 0 Å². The zero-order valence-corrected chi connectivity index (χ0v) is 14.7. The van der Waals surface area contributed by atoms with Crippen LogP contribution in [0.4, 0.5) is 0 Å². The topological polar surface area (TPSA) is 97.8 Å². The van der Waals surface area contributed by atoms with Gasteiger partial charge in [-0.15, -0.1) is 0 Å². The van der Waals surface area contributed by atoms with Gasteiger partial charge in [0.1, 0.15) is 0 Å². The van der Waals surface area contributed by atoms with E-state index in [1.54, 1.807) is 18.2 Å². The van der Waals surface area contributed by atoms with Crippen molar-refractivity contribution in [1.82, 2.24) is 5.06 Å². The highest BCUT2D eigenvalue weighted by molar-refractivity contribution is 7.91. The number of nitrogens with zero attached hydrogens (tertiary/aromatic N) is 1. The minimum Gasteiger partial charge on any atom is -0.329 e. The summed E-state index contributed by atoms with van der Waals surface area (Å²) in [4.78, 5) is 41.5. The average Bonchev–Trinajstić information content (AvgIpc) is 2.87. The van der Waals surface area contributed by atoms with E-state index in [4.69, 9.17) is 4.84 Å². The van der Waals surface area contributed by atoms with E-state index in [1.165, 1.54) is 37.3 Å². The molecule has 1 aliphatic heterocycles. The summed E-state index contributed by atoms with van der Waals surface area (Å²) in [6.07, 6.45) is -0.277. The van der Waals surface area contributed by atoms with E-state index in [0.29, 0.717) is 10.6 Å². The maximum atomic E-state index is 12.2. The number of rotatable bonds is 5. The summed E-state index contributed by atoms with van der Waals surface area (Å²) >= 11 is 0. The van der Waals surface area contributed by atoms with Gasteiger partial charge >= 0.3 is 5.97 Å². The lowest BCUT2D eigenvalue weighted by atomic mass is 10.1. The number of sulfone groups is 1. The Balaban J connectivity index is 1.74. The van der Waals surface area contributed by atoms with Gasteiger partial charge in [-0.1, -0.05) is 36.3 Å². The minimum absolute atomic E-state index is 0.0596. The molecular formula is C18H15NO6S. The van der Waals surface area contributed by atoms with Gasteiger partial charge in [0.15, 0.2) is 9.84 Å². The number of hydrogen-bond acceptors (Lipinski definition) is 6. The summed E-state index contributed by atoms with van der Waals surface area (Å²) in [7, 11) is -3.40. The van der Waals surface area contributed by atoms with Gasteiger partial charge in [-0.25, -0.2) is 13.2 Å². The number of carbonyl (C=O) groups is 3. The molecule has 0 radical (unpaired) electrons. The van der Waals surface area contributed by atoms with Crippen LogP contribution in [0.25, 0.3) is 0 Å². The Morgan fingerprint density at radius 1 is 1.00 bits per heavy atom. The zero-order valence-electron chi connectivity index (χ0n) is 13.8. The molecule has 0 saturated heterocycles. The van der Waals surface area contributed by atoms with Gasteiger partial charge in [0.25, 0.3) is 11.8 Å². The first-order chi connectivity index (χ1) is 12.3. The second-order valence-electron chi connectivity index (χ2n) is 5.64. The smallest absolute Gasteiger partial charge is 0.329 e. The van der Waals surface area contributed by atoms with Gasteiger partial charge in [0, 0.05) is 0 Å². The summed E-state index contributed by atoms with van der Waals surface area (Å²) in [5.41, 5.74) is 0.740. The van der Waals surface area contributed by atoms with Crippen molar-refractivity contribution in [1.29, 1.82) is 0 Å². The molecule has 8 heteroatoms. The first-order valence-corrected chi connectivity index (χ1v) is 9.49. The van der Waals surface area contributed by atoms with Crippen molar-refractivity contribution >= 4 is 27.6 Å². The number of carbonyl (C=O) groups excluding carboxylic acids is 3. The van der Waals surface area contributed by atoms with E-state index >= 15 is 0 Å². The van der Waals surface area contributed by atoms with E-state index < -0.39 is 27.6 Å². The van der Waals surface area contributed by atoms with Gasteiger partial charge in [0.05, 0.1) is 28.2 Å². The Bertz CT molecular complexity index is 977. The Morgan fingerprint density at radius 2 is 1.62 bits per heavy atom. The Morgan fingerprint density at radius 3 is 2.19 bits per heavy atom. The fourth-order valence-corrected chi connectivity index (χ4v) is 3.52. The van der Waals surface area contributed by atoms with E-state index in [-0.39, 0.29) is 28.2 Å². The Hall–Kier alpha value is -3.00. The van der Waals surface area contributed by atoms with Crippen molar-refractivity contribution in [3.8, 4) is 0 Å². The van der Waals surface area contributed by atoms with Crippen molar-refractivity contribution in [3.63, 3.8) is 0 Å². The zero-order chi connectivity index (χ0) is 18.9. The molecule has 0 unspecified atom stereocenters. The molecule has 0 atom stereocenters. The highest BCUT2D eigenvalue weighted by atomic mass is 32.2. The molecule has 1 heterocycles.